The highest BCUT2D eigenvalue weighted by Gasteiger charge is 2.58. The zero-order valence-corrected chi connectivity index (χ0v) is 30.6. The Morgan fingerprint density at radius 2 is 1.93 bits per heavy atom. The van der Waals surface area contributed by atoms with Crippen LogP contribution in [0.4, 0.5) is 28.9 Å². The number of nitrogens with one attached hydrogen (secondary N) is 2. The lowest BCUT2D eigenvalue weighted by atomic mass is 9.93. The fourth-order valence-corrected chi connectivity index (χ4v) is 7.81. The fourth-order valence-electron chi connectivity index (χ4n) is 7.65. The van der Waals surface area contributed by atoms with E-state index in [1.807, 2.05) is 12.1 Å². The van der Waals surface area contributed by atoms with E-state index in [-0.39, 0.29) is 29.5 Å². The molecule has 288 valence electrons. The number of fused-ring (bicyclic) bond motifs is 3. The minimum Gasteiger partial charge on any atom is -0.473 e. The highest BCUT2D eigenvalue weighted by Crippen LogP contribution is 2.57. The third-order valence-electron chi connectivity index (χ3n) is 11.0. The Labute approximate surface area is 323 Å². The van der Waals surface area contributed by atoms with Crippen molar-refractivity contribution < 1.29 is 36.6 Å². The van der Waals surface area contributed by atoms with Gasteiger partial charge in [0, 0.05) is 47.6 Å². The first-order valence-electron chi connectivity index (χ1n) is 18.4. The van der Waals surface area contributed by atoms with Crippen LogP contribution in [0.25, 0.3) is 16.6 Å². The normalized spacial score (nSPS) is 18.7. The lowest BCUT2D eigenvalue weighted by Gasteiger charge is -2.29. The summed E-state index contributed by atoms with van der Waals surface area (Å²) in [6.45, 7) is 3.17. The van der Waals surface area contributed by atoms with E-state index in [0.717, 1.165) is 48.1 Å². The average molecular weight is 787 g/mol. The molecule has 0 bridgehead atoms. The predicted octanol–water partition coefficient (Wildman–Crippen LogP) is 8.14. The Morgan fingerprint density at radius 1 is 1.09 bits per heavy atom. The molecule has 9 rings (SSSR count). The molecule has 4 aliphatic rings. The zero-order chi connectivity index (χ0) is 38.8. The molecule has 1 saturated heterocycles. The van der Waals surface area contributed by atoms with E-state index < -0.39 is 34.8 Å². The predicted molar refractivity (Wildman–Crippen MR) is 201 cm³/mol. The molecule has 2 fully saturated rings. The second-order valence-electron chi connectivity index (χ2n) is 14.7. The van der Waals surface area contributed by atoms with Crippen molar-refractivity contribution in [3.05, 3.63) is 117 Å². The van der Waals surface area contributed by atoms with Gasteiger partial charge in [0.25, 0.3) is 5.91 Å². The van der Waals surface area contributed by atoms with Gasteiger partial charge in [-0.05, 0) is 85.4 Å². The number of hydrogen-bond acceptors (Lipinski definition) is 7. The lowest BCUT2D eigenvalue weighted by Crippen LogP contribution is -2.33. The molecular weight excluding hydrogens is 752 g/mol. The molecule has 1 aliphatic carbocycles. The number of pyridine rings is 1. The van der Waals surface area contributed by atoms with Crippen molar-refractivity contribution in [1.29, 1.82) is 0 Å². The topological polar surface area (TPSA) is 111 Å². The quantitative estimate of drug-likeness (QED) is 0.138. The summed E-state index contributed by atoms with van der Waals surface area (Å²) in [5.41, 5.74) is 1.88. The Morgan fingerprint density at radius 3 is 2.64 bits per heavy atom. The van der Waals surface area contributed by atoms with Crippen LogP contribution in [0.2, 0.25) is 5.02 Å². The van der Waals surface area contributed by atoms with Gasteiger partial charge in [-0.3, -0.25) is 14.5 Å². The molecule has 1 saturated carbocycles. The molecular formula is C41H35ClF4N6O4. The van der Waals surface area contributed by atoms with Crippen molar-refractivity contribution >= 4 is 51.4 Å². The molecule has 0 radical (unpaired) electrons. The van der Waals surface area contributed by atoms with Crippen LogP contribution in [0.15, 0.2) is 72.8 Å². The van der Waals surface area contributed by atoms with Gasteiger partial charge in [0.15, 0.2) is 0 Å². The second-order valence-corrected chi connectivity index (χ2v) is 15.1. The van der Waals surface area contributed by atoms with E-state index in [1.54, 1.807) is 36.4 Å². The summed E-state index contributed by atoms with van der Waals surface area (Å²) in [6.07, 6.45) is -0.119. The SMILES string of the molecule is O=C(Nc1ccc2nc(CN3CC=C(c4cccc(OCc5ccc(Cl)cc5F)n4)CC3)n(C[C@@H]3CCO3)c2c1)c1cc(C(F)(F)F)c2c(c1)C1(CC1)C(=O)N2. The van der Waals surface area contributed by atoms with Crippen molar-refractivity contribution in [1.82, 2.24) is 19.4 Å². The first kappa shape index (κ1) is 36.3. The molecule has 15 heteroatoms. The summed E-state index contributed by atoms with van der Waals surface area (Å²) in [4.78, 5) is 38.0. The number of hydrogen-bond donors (Lipinski definition) is 2. The van der Waals surface area contributed by atoms with Crippen LogP contribution in [0.5, 0.6) is 5.88 Å². The van der Waals surface area contributed by atoms with Crippen LogP contribution in [0.3, 0.4) is 0 Å². The van der Waals surface area contributed by atoms with Gasteiger partial charge in [0.1, 0.15) is 18.2 Å². The largest absolute Gasteiger partial charge is 0.473 e. The third-order valence-corrected chi connectivity index (χ3v) is 11.2. The molecule has 3 aliphatic heterocycles. The number of alkyl halides is 3. The number of benzene rings is 3. The maximum atomic E-state index is 14.2. The first-order chi connectivity index (χ1) is 26.9. The summed E-state index contributed by atoms with van der Waals surface area (Å²) >= 11 is 5.87. The van der Waals surface area contributed by atoms with Gasteiger partial charge >= 0.3 is 6.18 Å². The molecule has 5 heterocycles. The molecule has 2 aromatic heterocycles. The number of anilines is 2. The minimum atomic E-state index is -4.76. The van der Waals surface area contributed by atoms with E-state index in [1.165, 1.54) is 12.1 Å². The van der Waals surface area contributed by atoms with Gasteiger partial charge in [0.2, 0.25) is 11.8 Å². The molecule has 0 unspecified atom stereocenters. The first-order valence-corrected chi connectivity index (χ1v) is 18.8. The highest BCUT2D eigenvalue weighted by atomic mass is 35.5. The van der Waals surface area contributed by atoms with E-state index in [0.29, 0.717) is 66.8 Å². The van der Waals surface area contributed by atoms with Gasteiger partial charge in [-0.25, -0.2) is 14.4 Å². The molecule has 2 amide bonds. The summed E-state index contributed by atoms with van der Waals surface area (Å²) in [7, 11) is 0. The molecule has 10 nitrogen and oxygen atoms in total. The van der Waals surface area contributed by atoms with Crippen molar-refractivity contribution in [3.63, 3.8) is 0 Å². The number of carbonyl (C=O) groups is 2. The smallest absolute Gasteiger partial charge is 0.418 e. The fraction of sp³-hybridized carbons (Fsp3) is 0.317. The van der Waals surface area contributed by atoms with E-state index >= 15 is 0 Å². The van der Waals surface area contributed by atoms with Crippen LogP contribution in [-0.2, 0) is 40.8 Å². The van der Waals surface area contributed by atoms with Gasteiger partial charge in [-0.2, -0.15) is 13.2 Å². The average Bonchev–Trinajstić information content (AvgIpc) is 3.83. The Balaban J connectivity index is 0.917. The number of amides is 2. The molecule has 2 N–H and O–H groups in total. The van der Waals surface area contributed by atoms with E-state index in [2.05, 4.69) is 31.2 Å². The van der Waals surface area contributed by atoms with Crippen molar-refractivity contribution in [2.24, 2.45) is 0 Å². The summed E-state index contributed by atoms with van der Waals surface area (Å²) in [5.74, 6) is -0.397. The van der Waals surface area contributed by atoms with E-state index in [9.17, 15) is 27.2 Å². The number of rotatable bonds is 10. The van der Waals surface area contributed by atoms with Gasteiger partial charge in [-0.15, -0.1) is 0 Å². The zero-order valence-electron chi connectivity index (χ0n) is 29.9. The Hall–Kier alpha value is -5.31. The number of halogens is 5. The van der Waals surface area contributed by atoms with Crippen LogP contribution < -0.4 is 15.4 Å². The van der Waals surface area contributed by atoms with Crippen LogP contribution >= 0.6 is 11.6 Å². The molecule has 56 heavy (non-hydrogen) atoms. The highest BCUT2D eigenvalue weighted by molar-refractivity contribution is 6.30. The van der Waals surface area contributed by atoms with Crippen molar-refractivity contribution in [2.45, 2.75) is 63.1 Å². The molecule has 5 aromatic rings. The molecule has 3 aromatic carbocycles. The number of ether oxygens (including phenoxy) is 2. The summed E-state index contributed by atoms with van der Waals surface area (Å²) in [5, 5.41) is 5.51. The second kappa shape index (κ2) is 14.0. The molecule has 1 atom stereocenters. The number of nitrogens with zero attached hydrogens (tertiary/aromatic N) is 4. The maximum Gasteiger partial charge on any atom is 0.418 e. The minimum absolute atomic E-state index is 0.00673. The summed E-state index contributed by atoms with van der Waals surface area (Å²) in [6, 6.07) is 17.4. The monoisotopic (exact) mass is 786 g/mol. The Bertz CT molecular complexity index is 2440. The third kappa shape index (κ3) is 6.90. The molecule has 1 spiro atoms. The van der Waals surface area contributed by atoms with E-state index in [4.69, 9.17) is 26.1 Å². The summed E-state index contributed by atoms with van der Waals surface area (Å²) < 4.78 is 70.3. The lowest BCUT2D eigenvalue weighted by molar-refractivity contribution is -0.136. The number of carbonyl (C=O) groups excluding carboxylic acids is 2. The van der Waals surface area contributed by atoms with Crippen molar-refractivity contribution in [2.75, 3.05) is 30.3 Å². The van der Waals surface area contributed by atoms with Crippen LogP contribution in [0.1, 0.15) is 64.2 Å². The van der Waals surface area contributed by atoms with Gasteiger partial charge in [-0.1, -0.05) is 29.8 Å². The van der Waals surface area contributed by atoms with Crippen LogP contribution in [-0.4, -0.2) is 57.0 Å². The number of aromatic nitrogens is 3. The van der Waals surface area contributed by atoms with Gasteiger partial charge < -0.3 is 24.7 Å². The number of imidazole rings is 1. The maximum absolute atomic E-state index is 14.2. The van der Waals surface area contributed by atoms with Crippen LogP contribution in [0, 0.1) is 5.82 Å². The Kier molecular flexibility index (Phi) is 9.09. The standard InChI is InChI=1S/C41H35ClF4N6O4/c42-26-5-4-24(31(43)18-26)22-56-36-3-1-2-32(49-36)23-8-13-51(14-9-23)21-35-48-33-7-6-27(19-34(33)52(35)20-28-10-15-55-28)47-38(53)25-16-29-37(30(17-25)41(44,45)46)50-39(54)40(29)11-12-40/h1-8,16-19,28H,9-15,20-22H2,(H,47,53)(H,50,54)/t28-/m0/s1. The van der Waals surface area contributed by atoms with Gasteiger partial charge in [0.05, 0.1) is 52.6 Å². The van der Waals surface area contributed by atoms with Crippen molar-refractivity contribution in [3.8, 4) is 5.88 Å².